The van der Waals surface area contributed by atoms with Gasteiger partial charge in [0.05, 0.1) is 6.33 Å². The molecule has 1 rings (SSSR count). The molecule has 0 saturated carbocycles. The fourth-order valence-corrected chi connectivity index (χ4v) is 1.48. The quantitative estimate of drug-likeness (QED) is 0.659. The Hall–Kier alpha value is -1.36. The summed E-state index contributed by atoms with van der Waals surface area (Å²) in [6.45, 7) is 6.41. The number of hydrogen-bond acceptors (Lipinski definition) is 3. The molecule has 1 unspecified atom stereocenters. The topological polar surface area (TPSA) is 59.0 Å². The molecule has 16 heavy (non-hydrogen) atoms. The second-order valence-corrected chi connectivity index (χ2v) is 3.83. The van der Waals surface area contributed by atoms with Crippen LogP contribution in [0.15, 0.2) is 18.7 Å². The lowest BCUT2D eigenvalue weighted by molar-refractivity contribution is -0.121. The van der Waals surface area contributed by atoms with Crippen molar-refractivity contribution in [1.29, 1.82) is 0 Å². The third-order valence-corrected chi connectivity index (χ3v) is 2.23. The molecule has 0 aliphatic carbocycles. The number of imidazole rings is 1. The average Bonchev–Trinajstić information content (AvgIpc) is 2.70. The van der Waals surface area contributed by atoms with Crippen LogP contribution in [0, 0.1) is 0 Å². The van der Waals surface area contributed by atoms with Crippen LogP contribution in [-0.2, 0) is 11.3 Å². The Morgan fingerprint density at radius 3 is 3.00 bits per heavy atom. The molecule has 1 atom stereocenters. The van der Waals surface area contributed by atoms with Crippen LogP contribution in [0.5, 0.6) is 0 Å². The second-order valence-electron chi connectivity index (χ2n) is 3.83. The first-order valence-corrected chi connectivity index (χ1v) is 5.68. The number of hydrogen-bond donors (Lipinski definition) is 2. The van der Waals surface area contributed by atoms with E-state index in [4.69, 9.17) is 0 Å². The van der Waals surface area contributed by atoms with Crippen molar-refractivity contribution in [3.8, 4) is 0 Å². The van der Waals surface area contributed by atoms with Crippen LogP contribution in [0.3, 0.4) is 0 Å². The van der Waals surface area contributed by atoms with Crippen molar-refractivity contribution in [3.05, 3.63) is 18.7 Å². The van der Waals surface area contributed by atoms with Gasteiger partial charge in [-0.3, -0.25) is 4.79 Å². The highest BCUT2D eigenvalue weighted by atomic mass is 16.1. The van der Waals surface area contributed by atoms with E-state index in [1.165, 1.54) is 0 Å². The molecule has 0 aromatic carbocycles. The largest absolute Gasteiger partial charge is 0.352 e. The Bertz CT molecular complexity index is 297. The number of carbonyl (C=O) groups excluding carboxylic acids is 1. The minimum absolute atomic E-state index is 0.0913. The summed E-state index contributed by atoms with van der Waals surface area (Å²) in [4.78, 5) is 15.4. The van der Waals surface area contributed by atoms with Gasteiger partial charge in [-0.25, -0.2) is 4.98 Å². The van der Waals surface area contributed by atoms with Crippen LogP contribution in [-0.4, -0.2) is 34.6 Å². The molecule has 0 aliphatic rings. The van der Waals surface area contributed by atoms with Crippen LogP contribution >= 0.6 is 0 Å². The van der Waals surface area contributed by atoms with Crippen LogP contribution < -0.4 is 10.6 Å². The molecule has 1 heterocycles. The van der Waals surface area contributed by atoms with Crippen LogP contribution in [0.2, 0.25) is 0 Å². The molecule has 0 bridgehead atoms. The summed E-state index contributed by atoms with van der Waals surface area (Å²) >= 11 is 0. The Morgan fingerprint density at radius 2 is 2.38 bits per heavy atom. The molecule has 0 aliphatic heterocycles. The van der Waals surface area contributed by atoms with E-state index in [0.717, 1.165) is 19.6 Å². The summed E-state index contributed by atoms with van der Waals surface area (Å²) in [5.74, 6) is 0.0913. The van der Waals surface area contributed by atoms with Gasteiger partial charge >= 0.3 is 0 Å². The van der Waals surface area contributed by atoms with E-state index in [1.807, 2.05) is 24.6 Å². The number of amides is 1. The molecule has 1 aromatic rings. The normalized spacial score (nSPS) is 12.4. The van der Waals surface area contributed by atoms with Crippen molar-refractivity contribution in [3.63, 3.8) is 0 Å². The fourth-order valence-electron chi connectivity index (χ4n) is 1.48. The SMILES string of the molecule is CCNCCC(=O)NC(C)Cn1ccnc1. The summed E-state index contributed by atoms with van der Waals surface area (Å²) in [6, 6.07) is 0.128. The first kappa shape index (κ1) is 12.7. The minimum atomic E-state index is 0.0913. The lowest BCUT2D eigenvalue weighted by Crippen LogP contribution is -2.36. The first-order chi connectivity index (χ1) is 7.72. The van der Waals surface area contributed by atoms with Gasteiger partial charge in [-0.2, -0.15) is 0 Å². The first-order valence-electron chi connectivity index (χ1n) is 5.68. The van der Waals surface area contributed by atoms with Crippen molar-refractivity contribution < 1.29 is 4.79 Å². The molecule has 0 fully saturated rings. The maximum absolute atomic E-state index is 11.5. The van der Waals surface area contributed by atoms with E-state index in [9.17, 15) is 4.79 Å². The number of nitrogens with zero attached hydrogens (tertiary/aromatic N) is 2. The van der Waals surface area contributed by atoms with E-state index in [-0.39, 0.29) is 11.9 Å². The summed E-state index contributed by atoms with van der Waals surface area (Å²) in [5.41, 5.74) is 0. The van der Waals surface area contributed by atoms with E-state index in [2.05, 4.69) is 15.6 Å². The summed E-state index contributed by atoms with van der Waals surface area (Å²) in [6.07, 6.45) is 5.91. The molecule has 0 spiro atoms. The van der Waals surface area contributed by atoms with Crippen molar-refractivity contribution in [2.24, 2.45) is 0 Å². The van der Waals surface area contributed by atoms with Crippen LogP contribution in [0.25, 0.3) is 0 Å². The van der Waals surface area contributed by atoms with Crippen LogP contribution in [0.4, 0.5) is 0 Å². The number of nitrogens with one attached hydrogen (secondary N) is 2. The highest BCUT2D eigenvalue weighted by molar-refractivity contribution is 5.76. The molecule has 5 heteroatoms. The molecular weight excluding hydrogens is 204 g/mol. The summed E-state index contributed by atoms with van der Waals surface area (Å²) in [7, 11) is 0. The lowest BCUT2D eigenvalue weighted by atomic mass is 10.3. The van der Waals surface area contributed by atoms with E-state index >= 15 is 0 Å². The maximum Gasteiger partial charge on any atom is 0.221 e. The van der Waals surface area contributed by atoms with Gasteiger partial charge in [0, 0.05) is 37.9 Å². The predicted molar refractivity (Wildman–Crippen MR) is 63.0 cm³/mol. The van der Waals surface area contributed by atoms with Gasteiger partial charge in [0.1, 0.15) is 0 Å². The van der Waals surface area contributed by atoms with Crippen molar-refractivity contribution in [1.82, 2.24) is 20.2 Å². The molecule has 0 radical (unpaired) electrons. The Balaban J connectivity index is 2.18. The Kier molecular flexibility index (Phi) is 5.56. The van der Waals surface area contributed by atoms with Gasteiger partial charge in [0.25, 0.3) is 0 Å². The molecule has 1 amide bonds. The van der Waals surface area contributed by atoms with E-state index in [0.29, 0.717) is 6.42 Å². The second kappa shape index (κ2) is 7.00. The van der Waals surface area contributed by atoms with Gasteiger partial charge in [-0.1, -0.05) is 6.92 Å². The molecule has 2 N–H and O–H groups in total. The Morgan fingerprint density at radius 1 is 1.56 bits per heavy atom. The number of rotatable bonds is 7. The van der Waals surface area contributed by atoms with Gasteiger partial charge in [0.15, 0.2) is 0 Å². The van der Waals surface area contributed by atoms with Gasteiger partial charge < -0.3 is 15.2 Å². The minimum Gasteiger partial charge on any atom is -0.352 e. The monoisotopic (exact) mass is 224 g/mol. The van der Waals surface area contributed by atoms with E-state index in [1.54, 1.807) is 12.5 Å². The third kappa shape index (κ3) is 4.93. The zero-order valence-electron chi connectivity index (χ0n) is 9.94. The Labute approximate surface area is 96.3 Å². The van der Waals surface area contributed by atoms with Gasteiger partial charge in [-0.05, 0) is 13.5 Å². The number of aromatic nitrogens is 2. The average molecular weight is 224 g/mol. The number of carbonyl (C=O) groups is 1. The zero-order valence-corrected chi connectivity index (χ0v) is 9.94. The highest BCUT2D eigenvalue weighted by Gasteiger charge is 2.06. The summed E-state index contributed by atoms with van der Waals surface area (Å²) in [5, 5.41) is 6.07. The lowest BCUT2D eigenvalue weighted by Gasteiger charge is -2.14. The highest BCUT2D eigenvalue weighted by Crippen LogP contribution is 1.92. The standard InChI is InChI=1S/C11H20N4O/c1-3-12-5-4-11(16)14-10(2)8-15-7-6-13-9-15/h6-7,9-10,12H,3-5,8H2,1-2H3,(H,14,16). The van der Waals surface area contributed by atoms with Crippen LogP contribution in [0.1, 0.15) is 20.3 Å². The molecular formula is C11H20N4O. The zero-order chi connectivity index (χ0) is 11.8. The maximum atomic E-state index is 11.5. The predicted octanol–water partition coefficient (Wildman–Crippen LogP) is 0.387. The van der Waals surface area contributed by atoms with Gasteiger partial charge in [0.2, 0.25) is 5.91 Å². The summed E-state index contributed by atoms with van der Waals surface area (Å²) < 4.78 is 1.95. The van der Waals surface area contributed by atoms with Crippen molar-refractivity contribution in [2.75, 3.05) is 13.1 Å². The fraction of sp³-hybridized carbons (Fsp3) is 0.636. The molecule has 90 valence electrons. The van der Waals surface area contributed by atoms with Crippen molar-refractivity contribution in [2.45, 2.75) is 32.9 Å². The smallest absolute Gasteiger partial charge is 0.221 e. The van der Waals surface area contributed by atoms with E-state index < -0.39 is 0 Å². The molecule has 1 aromatic heterocycles. The van der Waals surface area contributed by atoms with Gasteiger partial charge in [-0.15, -0.1) is 0 Å². The molecule has 0 saturated heterocycles. The third-order valence-electron chi connectivity index (χ3n) is 2.23. The molecule has 5 nitrogen and oxygen atoms in total. The van der Waals surface area contributed by atoms with Crippen molar-refractivity contribution >= 4 is 5.91 Å².